The van der Waals surface area contributed by atoms with Gasteiger partial charge in [-0.15, -0.1) is 0 Å². The highest BCUT2D eigenvalue weighted by atomic mass is 79.9. The first-order valence-corrected chi connectivity index (χ1v) is 8.77. The molecule has 0 aliphatic carbocycles. The first-order chi connectivity index (χ1) is 12.0. The van der Waals surface area contributed by atoms with Gasteiger partial charge in [0.15, 0.2) is 0 Å². The molecule has 0 heterocycles. The van der Waals surface area contributed by atoms with E-state index in [1.807, 2.05) is 18.2 Å². The van der Waals surface area contributed by atoms with Crippen LogP contribution in [0.3, 0.4) is 0 Å². The van der Waals surface area contributed by atoms with Crippen molar-refractivity contribution in [2.75, 3.05) is 13.7 Å². The van der Waals surface area contributed by atoms with Crippen molar-refractivity contribution in [3.05, 3.63) is 62.5 Å². The van der Waals surface area contributed by atoms with Crippen molar-refractivity contribution in [1.82, 2.24) is 10.7 Å². The average Bonchev–Trinajstić information content (AvgIpc) is 2.60. The first kappa shape index (κ1) is 19.1. The molecule has 0 bridgehead atoms. The second kappa shape index (κ2) is 9.33. The molecule has 0 saturated heterocycles. The van der Waals surface area contributed by atoms with Gasteiger partial charge >= 0.3 is 0 Å². The molecule has 0 atom stereocenters. The minimum atomic E-state index is -0.437. The average molecular weight is 469 g/mol. The molecule has 25 heavy (non-hydrogen) atoms. The molecule has 2 rings (SSSR count). The molecular formula is C17H15Br2N3O3. The lowest BCUT2D eigenvalue weighted by Gasteiger charge is -2.06. The number of hydrogen-bond acceptors (Lipinski definition) is 4. The highest BCUT2D eigenvalue weighted by Crippen LogP contribution is 2.21. The van der Waals surface area contributed by atoms with Crippen LogP contribution < -0.4 is 15.5 Å². The van der Waals surface area contributed by atoms with E-state index < -0.39 is 5.91 Å². The molecule has 0 aliphatic rings. The van der Waals surface area contributed by atoms with E-state index >= 15 is 0 Å². The van der Waals surface area contributed by atoms with Gasteiger partial charge < -0.3 is 10.1 Å². The Balaban J connectivity index is 1.86. The Morgan fingerprint density at radius 2 is 1.92 bits per heavy atom. The van der Waals surface area contributed by atoms with E-state index in [0.29, 0.717) is 16.9 Å². The van der Waals surface area contributed by atoms with Gasteiger partial charge in [-0.2, -0.15) is 5.10 Å². The van der Waals surface area contributed by atoms with Crippen molar-refractivity contribution < 1.29 is 14.3 Å². The first-order valence-electron chi connectivity index (χ1n) is 7.19. The number of methoxy groups -OCH3 is 1. The summed E-state index contributed by atoms with van der Waals surface area (Å²) in [5, 5.41) is 6.40. The van der Waals surface area contributed by atoms with E-state index in [0.717, 1.165) is 8.95 Å². The molecule has 0 aromatic heterocycles. The molecule has 0 aliphatic heterocycles. The number of hydrogen-bond donors (Lipinski definition) is 2. The lowest BCUT2D eigenvalue weighted by atomic mass is 10.2. The summed E-state index contributed by atoms with van der Waals surface area (Å²) in [6.45, 7) is -0.182. The third-order valence-corrected chi connectivity index (χ3v) is 4.07. The highest BCUT2D eigenvalue weighted by Gasteiger charge is 2.08. The molecule has 0 fully saturated rings. The number of hydrazone groups is 1. The summed E-state index contributed by atoms with van der Waals surface area (Å²) < 4.78 is 6.86. The largest absolute Gasteiger partial charge is 0.496 e. The maximum atomic E-state index is 11.9. The Bertz CT molecular complexity index is 809. The molecule has 2 aromatic carbocycles. The van der Waals surface area contributed by atoms with Gasteiger partial charge in [0.05, 0.1) is 19.9 Å². The van der Waals surface area contributed by atoms with Gasteiger partial charge in [0, 0.05) is 20.1 Å². The zero-order valence-electron chi connectivity index (χ0n) is 13.3. The zero-order chi connectivity index (χ0) is 18.2. The number of nitrogens with zero attached hydrogens (tertiary/aromatic N) is 1. The minimum absolute atomic E-state index is 0.182. The number of benzene rings is 2. The number of carbonyl (C=O) groups is 2. The molecule has 0 spiro atoms. The quantitative estimate of drug-likeness (QED) is 0.505. The van der Waals surface area contributed by atoms with Crippen molar-refractivity contribution in [2.24, 2.45) is 5.10 Å². The molecule has 2 N–H and O–H groups in total. The second-order valence-electron chi connectivity index (χ2n) is 4.87. The van der Waals surface area contributed by atoms with Crippen LogP contribution >= 0.6 is 31.9 Å². The van der Waals surface area contributed by atoms with Gasteiger partial charge in [0.25, 0.3) is 11.8 Å². The molecule has 8 heteroatoms. The SMILES string of the molecule is COc1ccc(Br)cc1C=NNC(=O)CNC(=O)c1cccc(Br)c1. The fourth-order valence-corrected chi connectivity index (χ4v) is 2.69. The predicted molar refractivity (Wildman–Crippen MR) is 103 cm³/mol. The Hall–Kier alpha value is -2.19. The minimum Gasteiger partial charge on any atom is -0.496 e. The van der Waals surface area contributed by atoms with Crippen molar-refractivity contribution in [2.45, 2.75) is 0 Å². The summed E-state index contributed by atoms with van der Waals surface area (Å²) >= 11 is 6.65. The smallest absolute Gasteiger partial charge is 0.259 e. The molecular weight excluding hydrogens is 454 g/mol. The molecule has 130 valence electrons. The Morgan fingerprint density at radius 1 is 1.16 bits per heavy atom. The van der Waals surface area contributed by atoms with E-state index in [1.165, 1.54) is 6.21 Å². The van der Waals surface area contributed by atoms with Gasteiger partial charge in [-0.1, -0.05) is 37.9 Å². The highest BCUT2D eigenvalue weighted by molar-refractivity contribution is 9.10. The zero-order valence-corrected chi connectivity index (χ0v) is 16.4. The van der Waals surface area contributed by atoms with E-state index in [1.54, 1.807) is 31.4 Å². The van der Waals surface area contributed by atoms with Gasteiger partial charge in [0.1, 0.15) is 5.75 Å². The standard InChI is InChI=1S/C17H15Br2N3O3/c1-25-15-6-5-14(19)8-12(15)9-21-22-16(23)10-20-17(24)11-3-2-4-13(18)7-11/h2-9H,10H2,1H3,(H,20,24)(H,22,23). The summed E-state index contributed by atoms with van der Waals surface area (Å²) in [4.78, 5) is 23.7. The molecule has 0 radical (unpaired) electrons. The van der Waals surface area contributed by atoms with Crippen LogP contribution in [0, 0.1) is 0 Å². The monoisotopic (exact) mass is 467 g/mol. The Kier molecular flexibility index (Phi) is 7.15. The fraction of sp³-hybridized carbons (Fsp3) is 0.118. The van der Waals surface area contributed by atoms with Crippen molar-refractivity contribution in [1.29, 1.82) is 0 Å². The van der Waals surface area contributed by atoms with Crippen LogP contribution in [0.1, 0.15) is 15.9 Å². The third kappa shape index (κ3) is 5.99. The van der Waals surface area contributed by atoms with Gasteiger partial charge in [-0.05, 0) is 36.4 Å². The number of amides is 2. The molecule has 0 unspecified atom stereocenters. The van der Waals surface area contributed by atoms with Crippen LogP contribution in [0.2, 0.25) is 0 Å². The van der Waals surface area contributed by atoms with E-state index in [9.17, 15) is 9.59 Å². The van der Waals surface area contributed by atoms with E-state index in [2.05, 4.69) is 47.7 Å². The lowest BCUT2D eigenvalue weighted by Crippen LogP contribution is -2.34. The second-order valence-corrected chi connectivity index (χ2v) is 6.70. The lowest BCUT2D eigenvalue weighted by molar-refractivity contribution is -0.120. The van der Waals surface area contributed by atoms with Crippen LogP contribution in [0.5, 0.6) is 5.75 Å². The number of carbonyl (C=O) groups excluding carboxylic acids is 2. The van der Waals surface area contributed by atoms with Crippen LogP contribution in [0.15, 0.2) is 56.5 Å². The summed E-state index contributed by atoms with van der Waals surface area (Å²) in [6, 6.07) is 12.3. The molecule has 0 saturated carbocycles. The fourth-order valence-electron chi connectivity index (χ4n) is 1.91. The van der Waals surface area contributed by atoms with Crippen molar-refractivity contribution >= 4 is 49.9 Å². The van der Waals surface area contributed by atoms with Gasteiger partial charge in [-0.3, -0.25) is 9.59 Å². The maximum Gasteiger partial charge on any atom is 0.259 e. The Morgan fingerprint density at radius 3 is 2.64 bits per heavy atom. The third-order valence-electron chi connectivity index (χ3n) is 3.08. The van der Waals surface area contributed by atoms with Crippen LogP contribution in [-0.2, 0) is 4.79 Å². The normalized spacial score (nSPS) is 10.5. The Labute approximate surface area is 161 Å². The summed E-state index contributed by atoms with van der Waals surface area (Å²) in [5.41, 5.74) is 3.52. The number of ether oxygens (including phenoxy) is 1. The topological polar surface area (TPSA) is 79.8 Å². The van der Waals surface area contributed by atoms with Crippen molar-refractivity contribution in [3.63, 3.8) is 0 Å². The molecule has 2 amide bonds. The maximum absolute atomic E-state index is 11.9. The summed E-state index contributed by atoms with van der Waals surface area (Å²) in [5.74, 6) is -0.146. The number of halogens is 2. The number of nitrogens with one attached hydrogen (secondary N) is 2. The predicted octanol–water partition coefficient (Wildman–Crippen LogP) is 3.10. The van der Waals surface area contributed by atoms with Gasteiger partial charge in [0.2, 0.25) is 0 Å². The summed E-state index contributed by atoms with van der Waals surface area (Å²) in [7, 11) is 1.55. The van der Waals surface area contributed by atoms with Gasteiger partial charge in [-0.25, -0.2) is 5.43 Å². The molecule has 6 nitrogen and oxygen atoms in total. The van der Waals surface area contributed by atoms with Crippen LogP contribution in [0.25, 0.3) is 0 Å². The van der Waals surface area contributed by atoms with E-state index in [4.69, 9.17) is 4.74 Å². The molecule has 2 aromatic rings. The van der Waals surface area contributed by atoms with Crippen LogP contribution in [0.4, 0.5) is 0 Å². The number of rotatable bonds is 6. The van der Waals surface area contributed by atoms with Crippen molar-refractivity contribution in [3.8, 4) is 5.75 Å². The van der Waals surface area contributed by atoms with Crippen LogP contribution in [-0.4, -0.2) is 31.7 Å². The van der Waals surface area contributed by atoms with E-state index in [-0.39, 0.29) is 12.5 Å². The summed E-state index contributed by atoms with van der Waals surface area (Å²) in [6.07, 6.45) is 1.47.